The maximum Gasteiger partial charge on any atom is 0.349 e. The first-order chi connectivity index (χ1) is 5.81. The smallest absolute Gasteiger partial charge is 0.316 e. The van der Waals surface area contributed by atoms with Crippen LogP contribution in [0.5, 0.6) is 0 Å². The van der Waals surface area contributed by atoms with Crippen molar-refractivity contribution in [1.82, 2.24) is 5.48 Å². The third kappa shape index (κ3) is 3.04. The Morgan fingerprint density at radius 1 is 1.31 bits per heavy atom. The quantitative estimate of drug-likeness (QED) is 0.548. The van der Waals surface area contributed by atoms with Crippen LogP contribution in [-0.4, -0.2) is 25.2 Å². The predicted octanol–water partition coefficient (Wildman–Crippen LogP) is 1.82. The van der Waals surface area contributed by atoms with E-state index < -0.39 is 18.8 Å². The molecule has 0 aliphatic carbocycles. The lowest BCUT2D eigenvalue weighted by Gasteiger charge is -2.32. The van der Waals surface area contributed by atoms with Crippen LogP contribution in [0, 0.1) is 5.41 Å². The highest BCUT2D eigenvalue weighted by Crippen LogP contribution is 2.55. The van der Waals surface area contributed by atoms with Crippen LogP contribution in [0.15, 0.2) is 0 Å². The van der Waals surface area contributed by atoms with Gasteiger partial charge in [-0.1, -0.05) is 20.8 Å². The van der Waals surface area contributed by atoms with Crippen molar-refractivity contribution < 1.29 is 18.8 Å². The molecule has 0 saturated heterocycles. The summed E-state index contributed by atoms with van der Waals surface area (Å²) < 4.78 is 21.4. The SMILES string of the molecule is COP(=O)(OC)C(NO)C(C)(C)C. The Kier molecular flexibility index (Phi) is 4.55. The lowest BCUT2D eigenvalue weighted by molar-refractivity contribution is 0.0892. The van der Waals surface area contributed by atoms with E-state index in [1.54, 1.807) is 0 Å². The van der Waals surface area contributed by atoms with Gasteiger partial charge < -0.3 is 14.3 Å². The Labute approximate surface area is 78.9 Å². The summed E-state index contributed by atoms with van der Waals surface area (Å²) in [6.45, 7) is 5.47. The van der Waals surface area contributed by atoms with Crippen LogP contribution in [0.4, 0.5) is 0 Å². The van der Waals surface area contributed by atoms with Crippen LogP contribution in [0.3, 0.4) is 0 Å². The third-order valence-corrected chi connectivity index (χ3v) is 4.31. The number of hydroxylamine groups is 1. The molecular formula is C7H18NO4P. The van der Waals surface area contributed by atoms with E-state index in [0.29, 0.717) is 0 Å². The van der Waals surface area contributed by atoms with Crippen LogP contribution in [-0.2, 0) is 13.6 Å². The molecular weight excluding hydrogens is 193 g/mol. The highest BCUT2D eigenvalue weighted by molar-refractivity contribution is 7.54. The van der Waals surface area contributed by atoms with E-state index in [4.69, 9.17) is 14.3 Å². The van der Waals surface area contributed by atoms with Crippen LogP contribution in [0.1, 0.15) is 20.8 Å². The minimum Gasteiger partial charge on any atom is -0.316 e. The first-order valence-corrected chi connectivity index (χ1v) is 5.54. The van der Waals surface area contributed by atoms with E-state index in [1.165, 1.54) is 14.2 Å². The summed E-state index contributed by atoms with van der Waals surface area (Å²) in [7, 11) is -0.690. The van der Waals surface area contributed by atoms with Crippen molar-refractivity contribution in [2.45, 2.75) is 26.6 Å². The van der Waals surface area contributed by atoms with Gasteiger partial charge in [0.25, 0.3) is 0 Å². The van der Waals surface area contributed by atoms with E-state index in [-0.39, 0.29) is 0 Å². The van der Waals surface area contributed by atoms with Gasteiger partial charge in [-0.05, 0) is 5.41 Å². The molecule has 2 N–H and O–H groups in total. The molecule has 0 spiro atoms. The van der Waals surface area contributed by atoms with Gasteiger partial charge in [0.2, 0.25) is 0 Å². The molecule has 0 fully saturated rings. The molecule has 0 amide bonds. The summed E-state index contributed by atoms with van der Waals surface area (Å²) in [4.78, 5) is 0. The van der Waals surface area contributed by atoms with Gasteiger partial charge in [0.1, 0.15) is 5.78 Å². The Morgan fingerprint density at radius 3 is 1.77 bits per heavy atom. The van der Waals surface area contributed by atoms with Gasteiger partial charge in [-0.2, -0.15) is 5.48 Å². The molecule has 5 nitrogen and oxygen atoms in total. The molecule has 1 unspecified atom stereocenters. The molecule has 0 aromatic heterocycles. The molecule has 0 heterocycles. The molecule has 80 valence electrons. The minimum absolute atomic E-state index is 0.420. The monoisotopic (exact) mass is 211 g/mol. The first kappa shape index (κ1) is 13.1. The normalized spacial score (nSPS) is 15.8. The van der Waals surface area contributed by atoms with Gasteiger partial charge in [0, 0.05) is 14.2 Å². The van der Waals surface area contributed by atoms with Crippen LogP contribution < -0.4 is 5.48 Å². The highest BCUT2D eigenvalue weighted by Gasteiger charge is 2.42. The van der Waals surface area contributed by atoms with Crippen molar-refractivity contribution >= 4 is 7.60 Å². The van der Waals surface area contributed by atoms with Crippen molar-refractivity contribution in [3.05, 3.63) is 0 Å². The summed E-state index contributed by atoms with van der Waals surface area (Å²) in [6.07, 6.45) is 0. The Morgan fingerprint density at radius 2 is 1.69 bits per heavy atom. The molecule has 0 aromatic carbocycles. The Balaban J connectivity index is 4.86. The number of rotatable bonds is 4. The van der Waals surface area contributed by atoms with E-state index >= 15 is 0 Å². The van der Waals surface area contributed by atoms with Crippen molar-refractivity contribution in [3.63, 3.8) is 0 Å². The lowest BCUT2D eigenvalue weighted by atomic mass is 9.97. The second-order valence-electron chi connectivity index (χ2n) is 3.80. The zero-order valence-corrected chi connectivity index (χ0v) is 9.59. The molecule has 0 aliphatic rings. The molecule has 0 bridgehead atoms. The highest BCUT2D eigenvalue weighted by atomic mass is 31.2. The maximum absolute atomic E-state index is 11.9. The molecule has 0 aliphatic heterocycles. The first-order valence-electron chi connectivity index (χ1n) is 3.92. The van der Waals surface area contributed by atoms with Gasteiger partial charge >= 0.3 is 7.60 Å². The van der Waals surface area contributed by atoms with Gasteiger partial charge in [-0.15, -0.1) is 0 Å². The maximum atomic E-state index is 11.9. The van der Waals surface area contributed by atoms with Crippen molar-refractivity contribution in [2.75, 3.05) is 14.2 Å². The largest absolute Gasteiger partial charge is 0.349 e. The number of hydrogen-bond acceptors (Lipinski definition) is 5. The van der Waals surface area contributed by atoms with Gasteiger partial charge in [0.05, 0.1) is 0 Å². The minimum atomic E-state index is -3.27. The molecule has 6 heteroatoms. The zero-order chi connectivity index (χ0) is 10.7. The fraction of sp³-hybridized carbons (Fsp3) is 1.00. The van der Waals surface area contributed by atoms with E-state index in [2.05, 4.69) is 0 Å². The summed E-state index contributed by atoms with van der Waals surface area (Å²) in [5, 5.41) is 8.88. The molecule has 13 heavy (non-hydrogen) atoms. The molecule has 0 saturated carbocycles. The van der Waals surface area contributed by atoms with E-state index in [0.717, 1.165) is 0 Å². The topological polar surface area (TPSA) is 67.8 Å². The molecule has 1 atom stereocenters. The zero-order valence-electron chi connectivity index (χ0n) is 8.70. The Bertz CT molecular complexity index is 193. The molecule has 0 rings (SSSR count). The fourth-order valence-electron chi connectivity index (χ4n) is 1.02. The van der Waals surface area contributed by atoms with Crippen molar-refractivity contribution in [1.29, 1.82) is 0 Å². The summed E-state index contributed by atoms with van der Waals surface area (Å²) >= 11 is 0. The van der Waals surface area contributed by atoms with E-state index in [1.807, 2.05) is 26.3 Å². The standard InChI is InChI=1S/C7H18NO4P/c1-7(2,3)6(8-9)13(10,11-4)12-5/h6,8-9H,1-5H3. The van der Waals surface area contributed by atoms with E-state index in [9.17, 15) is 4.57 Å². The second-order valence-corrected chi connectivity index (χ2v) is 6.13. The van der Waals surface area contributed by atoms with Gasteiger partial charge in [-0.25, -0.2) is 0 Å². The predicted molar refractivity (Wildman–Crippen MR) is 49.8 cm³/mol. The van der Waals surface area contributed by atoms with Gasteiger partial charge in [0.15, 0.2) is 0 Å². The third-order valence-electron chi connectivity index (χ3n) is 1.77. The van der Waals surface area contributed by atoms with Crippen LogP contribution in [0.25, 0.3) is 0 Å². The lowest BCUT2D eigenvalue weighted by Crippen LogP contribution is -2.38. The van der Waals surface area contributed by atoms with Crippen LogP contribution >= 0.6 is 7.60 Å². The Hall–Kier alpha value is 0.0700. The average molecular weight is 211 g/mol. The summed E-state index contributed by atoms with van der Waals surface area (Å²) in [6, 6.07) is 0. The molecule has 0 radical (unpaired) electrons. The molecule has 0 aromatic rings. The average Bonchev–Trinajstić information content (AvgIpc) is 2.02. The number of nitrogens with one attached hydrogen (secondary N) is 1. The summed E-state index contributed by atoms with van der Waals surface area (Å²) in [5.41, 5.74) is 1.55. The van der Waals surface area contributed by atoms with Crippen molar-refractivity contribution in [2.24, 2.45) is 5.41 Å². The number of hydrogen-bond donors (Lipinski definition) is 2. The second kappa shape index (κ2) is 4.53. The summed E-state index contributed by atoms with van der Waals surface area (Å²) in [5.74, 6) is -0.741. The van der Waals surface area contributed by atoms with Crippen LogP contribution in [0.2, 0.25) is 0 Å². The van der Waals surface area contributed by atoms with Crippen molar-refractivity contribution in [3.8, 4) is 0 Å². The fourth-order valence-corrected chi connectivity index (χ4v) is 2.68. The van der Waals surface area contributed by atoms with Gasteiger partial charge in [-0.3, -0.25) is 4.57 Å².